The molecule has 0 radical (unpaired) electrons. The molecule has 6 heteroatoms. The molecule has 0 unspecified atom stereocenters. The van der Waals surface area contributed by atoms with E-state index >= 15 is 0 Å². The van der Waals surface area contributed by atoms with E-state index in [1.165, 1.54) is 18.7 Å². The molecule has 0 saturated heterocycles. The van der Waals surface area contributed by atoms with Crippen LogP contribution in [-0.4, -0.2) is 22.8 Å². The average Bonchev–Trinajstić information content (AvgIpc) is 2.63. The van der Waals surface area contributed by atoms with Crippen LogP contribution in [0.5, 0.6) is 0 Å². The highest BCUT2D eigenvalue weighted by molar-refractivity contribution is 8.00. The van der Waals surface area contributed by atoms with Gasteiger partial charge in [-0.3, -0.25) is 14.4 Å². The highest BCUT2D eigenvalue weighted by atomic mass is 32.2. The second kappa shape index (κ2) is 9.92. The van der Waals surface area contributed by atoms with E-state index in [1.54, 1.807) is 24.3 Å². The number of benzene rings is 2. The van der Waals surface area contributed by atoms with E-state index in [9.17, 15) is 14.4 Å². The van der Waals surface area contributed by atoms with E-state index in [2.05, 4.69) is 10.6 Å². The number of amides is 2. The number of ketones is 1. The van der Waals surface area contributed by atoms with Crippen molar-refractivity contribution < 1.29 is 14.4 Å². The molecule has 2 amide bonds. The van der Waals surface area contributed by atoms with Crippen molar-refractivity contribution in [2.24, 2.45) is 0 Å². The summed E-state index contributed by atoms with van der Waals surface area (Å²) in [5.74, 6) is -0.117. The third kappa shape index (κ3) is 6.57. The average molecular weight is 385 g/mol. The summed E-state index contributed by atoms with van der Waals surface area (Å²) in [7, 11) is 0. The Balaban J connectivity index is 1.96. The highest BCUT2D eigenvalue weighted by Crippen LogP contribution is 2.27. The summed E-state index contributed by atoms with van der Waals surface area (Å²) in [6.45, 7) is 5.28. The topological polar surface area (TPSA) is 75.3 Å². The number of thioether (sulfide) groups is 1. The summed E-state index contributed by atoms with van der Waals surface area (Å²) in [4.78, 5) is 36.3. The highest BCUT2D eigenvalue weighted by Gasteiger charge is 2.16. The van der Waals surface area contributed by atoms with Gasteiger partial charge in [0, 0.05) is 35.2 Å². The van der Waals surface area contributed by atoms with Gasteiger partial charge in [0.05, 0.1) is 5.25 Å². The molecule has 142 valence electrons. The number of nitrogens with one attached hydrogen (secondary N) is 2. The van der Waals surface area contributed by atoms with Gasteiger partial charge >= 0.3 is 0 Å². The van der Waals surface area contributed by atoms with Crippen LogP contribution in [-0.2, 0) is 9.59 Å². The van der Waals surface area contributed by atoms with Crippen molar-refractivity contribution in [2.75, 3.05) is 10.6 Å². The van der Waals surface area contributed by atoms with E-state index in [4.69, 9.17) is 0 Å². The zero-order chi connectivity index (χ0) is 19.8. The standard InChI is InChI=1S/C21H24N2O3S/c1-4-5-20(25)23-18-8-6-16(7-9-18)21(26)14(2)27-19-12-10-17(11-13-19)22-15(3)24/h6-14H,4-5H2,1-3H3,(H,22,24)(H,23,25)/t14-/m1/s1. The molecule has 2 aromatic carbocycles. The lowest BCUT2D eigenvalue weighted by Crippen LogP contribution is -2.14. The van der Waals surface area contributed by atoms with Crippen molar-refractivity contribution in [2.45, 2.75) is 43.8 Å². The summed E-state index contributed by atoms with van der Waals surface area (Å²) in [6, 6.07) is 14.4. The predicted molar refractivity (Wildman–Crippen MR) is 110 cm³/mol. The third-order valence-electron chi connectivity index (χ3n) is 3.79. The largest absolute Gasteiger partial charge is 0.326 e. The Bertz CT molecular complexity index is 801. The zero-order valence-corrected chi connectivity index (χ0v) is 16.6. The first kappa shape index (κ1) is 20.7. The molecular formula is C21H24N2O3S. The molecule has 0 aliphatic carbocycles. The molecule has 0 aliphatic heterocycles. The summed E-state index contributed by atoms with van der Waals surface area (Å²) in [5.41, 5.74) is 2.03. The quantitative estimate of drug-likeness (QED) is 0.509. The third-order valence-corrected chi connectivity index (χ3v) is 4.90. The van der Waals surface area contributed by atoms with Gasteiger partial charge in [-0.05, 0) is 61.9 Å². The molecule has 2 N–H and O–H groups in total. The van der Waals surface area contributed by atoms with E-state index in [0.717, 1.165) is 17.0 Å². The predicted octanol–water partition coefficient (Wildman–Crippen LogP) is 4.75. The van der Waals surface area contributed by atoms with Crippen LogP contribution >= 0.6 is 11.8 Å². The Morgan fingerprint density at radius 1 is 0.926 bits per heavy atom. The summed E-state index contributed by atoms with van der Waals surface area (Å²) < 4.78 is 0. The second-order valence-electron chi connectivity index (χ2n) is 6.21. The molecular weight excluding hydrogens is 360 g/mol. The summed E-state index contributed by atoms with van der Waals surface area (Å²) >= 11 is 1.46. The molecule has 5 nitrogen and oxygen atoms in total. The molecule has 0 heterocycles. The van der Waals surface area contributed by atoms with Gasteiger partial charge in [-0.2, -0.15) is 0 Å². The fourth-order valence-electron chi connectivity index (χ4n) is 2.48. The maximum Gasteiger partial charge on any atom is 0.224 e. The Kier molecular flexibility index (Phi) is 7.61. The number of carbonyl (C=O) groups excluding carboxylic acids is 3. The number of Topliss-reactive ketones (excluding diaryl/α,β-unsaturated/α-hetero) is 1. The van der Waals surface area contributed by atoms with Gasteiger partial charge in [0.2, 0.25) is 11.8 Å². The van der Waals surface area contributed by atoms with Crippen LogP contribution in [0, 0.1) is 0 Å². The number of hydrogen-bond donors (Lipinski definition) is 2. The van der Waals surface area contributed by atoms with Crippen molar-refractivity contribution in [3.05, 3.63) is 54.1 Å². The lowest BCUT2D eigenvalue weighted by atomic mass is 10.1. The van der Waals surface area contributed by atoms with Crippen LogP contribution in [0.4, 0.5) is 11.4 Å². The summed E-state index contributed by atoms with van der Waals surface area (Å²) in [5, 5.41) is 5.27. The minimum Gasteiger partial charge on any atom is -0.326 e. The lowest BCUT2D eigenvalue weighted by molar-refractivity contribution is -0.116. The Labute approximate surface area is 163 Å². The van der Waals surface area contributed by atoms with E-state index in [0.29, 0.717) is 17.7 Å². The Morgan fingerprint density at radius 3 is 2.04 bits per heavy atom. The van der Waals surface area contributed by atoms with E-state index < -0.39 is 0 Å². The molecule has 27 heavy (non-hydrogen) atoms. The van der Waals surface area contributed by atoms with Crippen LogP contribution in [0.25, 0.3) is 0 Å². The van der Waals surface area contributed by atoms with Crippen LogP contribution in [0.1, 0.15) is 44.0 Å². The van der Waals surface area contributed by atoms with Gasteiger partial charge in [0.25, 0.3) is 0 Å². The van der Waals surface area contributed by atoms with Gasteiger partial charge < -0.3 is 10.6 Å². The monoisotopic (exact) mass is 384 g/mol. The van der Waals surface area contributed by atoms with Crippen molar-refractivity contribution in [1.29, 1.82) is 0 Å². The number of rotatable bonds is 8. The van der Waals surface area contributed by atoms with Crippen LogP contribution in [0.3, 0.4) is 0 Å². The molecule has 0 bridgehead atoms. The first-order chi connectivity index (χ1) is 12.9. The minimum absolute atomic E-state index is 0.0248. The first-order valence-electron chi connectivity index (χ1n) is 8.87. The minimum atomic E-state index is -0.253. The van der Waals surface area contributed by atoms with Gasteiger partial charge in [-0.15, -0.1) is 11.8 Å². The maximum atomic E-state index is 12.6. The van der Waals surface area contributed by atoms with Crippen LogP contribution in [0.15, 0.2) is 53.4 Å². The van der Waals surface area contributed by atoms with Crippen LogP contribution in [0.2, 0.25) is 0 Å². The number of carbonyl (C=O) groups is 3. The Hall–Kier alpha value is -2.60. The van der Waals surface area contributed by atoms with E-state index in [1.807, 2.05) is 38.1 Å². The smallest absolute Gasteiger partial charge is 0.224 e. The zero-order valence-electron chi connectivity index (χ0n) is 15.7. The molecule has 0 aromatic heterocycles. The van der Waals surface area contributed by atoms with Gasteiger partial charge in [0.1, 0.15) is 0 Å². The molecule has 0 saturated carbocycles. The number of hydrogen-bond acceptors (Lipinski definition) is 4. The summed E-state index contributed by atoms with van der Waals surface area (Å²) in [6.07, 6.45) is 1.28. The SMILES string of the molecule is CCCC(=O)Nc1ccc(C(=O)[C@@H](C)Sc2ccc(NC(C)=O)cc2)cc1. The molecule has 2 aromatic rings. The van der Waals surface area contributed by atoms with Crippen molar-refractivity contribution in [3.8, 4) is 0 Å². The lowest BCUT2D eigenvalue weighted by Gasteiger charge is -2.12. The molecule has 0 spiro atoms. The molecule has 0 aliphatic rings. The fourth-order valence-corrected chi connectivity index (χ4v) is 3.43. The van der Waals surface area contributed by atoms with Crippen molar-refractivity contribution in [1.82, 2.24) is 0 Å². The van der Waals surface area contributed by atoms with Gasteiger partial charge in [-0.25, -0.2) is 0 Å². The molecule has 0 fully saturated rings. The normalized spacial score (nSPS) is 11.5. The molecule has 1 atom stereocenters. The maximum absolute atomic E-state index is 12.6. The van der Waals surface area contributed by atoms with Gasteiger partial charge in [-0.1, -0.05) is 6.92 Å². The van der Waals surface area contributed by atoms with Crippen LogP contribution < -0.4 is 10.6 Å². The van der Waals surface area contributed by atoms with Crippen molar-refractivity contribution in [3.63, 3.8) is 0 Å². The second-order valence-corrected chi connectivity index (χ2v) is 7.62. The first-order valence-corrected chi connectivity index (χ1v) is 9.75. The Morgan fingerprint density at radius 2 is 1.48 bits per heavy atom. The molecule has 2 rings (SSSR count). The van der Waals surface area contributed by atoms with Gasteiger partial charge in [0.15, 0.2) is 5.78 Å². The van der Waals surface area contributed by atoms with E-state index in [-0.39, 0.29) is 22.8 Å². The fraction of sp³-hybridized carbons (Fsp3) is 0.286. The van der Waals surface area contributed by atoms with Crippen molar-refractivity contribution >= 4 is 40.7 Å². The number of anilines is 2.